The topological polar surface area (TPSA) is 119 Å². The fourth-order valence-electron chi connectivity index (χ4n) is 2.23. The van der Waals surface area contributed by atoms with Crippen LogP contribution >= 0.6 is 0 Å². The van der Waals surface area contributed by atoms with Crippen molar-refractivity contribution in [2.75, 3.05) is 6.54 Å². The van der Waals surface area contributed by atoms with Gasteiger partial charge in [0, 0.05) is 0 Å². The Kier molecular flexibility index (Phi) is 4.35. The number of hydrogen-bond acceptors (Lipinski definition) is 5. The Bertz CT molecular complexity index is 660. The Morgan fingerprint density at radius 1 is 1.30 bits per heavy atom. The van der Waals surface area contributed by atoms with Gasteiger partial charge in [-0.25, -0.2) is 4.79 Å². The first-order chi connectivity index (χ1) is 10.8. The van der Waals surface area contributed by atoms with Crippen LogP contribution in [0.1, 0.15) is 19.4 Å². The molecule has 0 aliphatic carbocycles. The van der Waals surface area contributed by atoms with Gasteiger partial charge in [-0.2, -0.15) is 0 Å². The third-order valence-electron chi connectivity index (χ3n) is 3.62. The van der Waals surface area contributed by atoms with Crippen molar-refractivity contribution >= 4 is 23.8 Å². The van der Waals surface area contributed by atoms with Crippen molar-refractivity contribution < 1.29 is 23.9 Å². The molecule has 8 heteroatoms. The van der Waals surface area contributed by atoms with E-state index in [1.165, 1.54) is 6.92 Å². The second-order valence-corrected chi connectivity index (χ2v) is 5.35. The number of esters is 1. The summed E-state index contributed by atoms with van der Waals surface area (Å²) in [5.74, 6) is -2.28. The van der Waals surface area contributed by atoms with E-state index in [-0.39, 0.29) is 0 Å². The van der Waals surface area contributed by atoms with E-state index in [1.54, 1.807) is 37.3 Å². The molecule has 0 unspecified atom stereocenters. The highest BCUT2D eigenvalue weighted by molar-refractivity contribution is 6.08. The average Bonchev–Trinajstić information content (AvgIpc) is 2.72. The highest BCUT2D eigenvalue weighted by atomic mass is 16.5. The largest absolute Gasteiger partial charge is 0.451 e. The van der Waals surface area contributed by atoms with Crippen LogP contribution in [-0.4, -0.2) is 41.4 Å². The van der Waals surface area contributed by atoms with Gasteiger partial charge >= 0.3 is 12.0 Å². The Balaban J connectivity index is 2.13. The molecule has 1 saturated heterocycles. The highest BCUT2D eigenvalue weighted by Gasteiger charge is 2.49. The monoisotopic (exact) mass is 319 g/mol. The maximum absolute atomic E-state index is 12.5. The van der Waals surface area contributed by atoms with Crippen LogP contribution in [0.2, 0.25) is 0 Å². The van der Waals surface area contributed by atoms with Gasteiger partial charge < -0.3 is 15.8 Å². The highest BCUT2D eigenvalue weighted by Crippen LogP contribution is 2.28. The lowest BCUT2D eigenvalue weighted by molar-refractivity contribution is -0.155. The van der Waals surface area contributed by atoms with Crippen molar-refractivity contribution in [3.63, 3.8) is 0 Å². The predicted molar refractivity (Wildman–Crippen MR) is 78.8 cm³/mol. The number of ether oxygens (including phenoxy) is 1. The molecule has 8 nitrogen and oxygen atoms in total. The van der Waals surface area contributed by atoms with E-state index in [0.29, 0.717) is 5.56 Å². The second-order valence-electron chi connectivity index (χ2n) is 5.35. The third kappa shape index (κ3) is 3.15. The van der Waals surface area contributed by atoms with E-state index in [9.17, 15) is 19.2 Å². The molecule has 3 N–H and O–H groups in total. The lowest BCUT2D eigenvalue weighted by atomic mass is 9.92. The van der Waals surface area contributed by atoms with Crippen molar-refractivity contribution in [2.45, 2.75) is 25.5 Å². The van der Waals surface area contributed by atoms with Gasteiger partial charge in [0.1, 0.15) is 12.1 Å². The summed E-state index contributed by atoms with van der Waals surface area (Å²) in [6.45, 7) is 2.27. The summed E-state index contributed by atoms with van der Waals surface area (Å²) in [5, 5.41) is 2.57. The van der Waals surface area contributed by atoms with E-state index < -0.39 is 42.0 Å². The normalized spacial score (nSPS) is 21.7. The average molecular weight is 319 g/mol. The number of carbonyl (C=O) groups is 4. The van der Waals surface area contributed by atoms with Crippen LogP contribution in [-0.2, 0) is 24.7 Å². The summed E-state index contributed by atoms with van der Waals surface area (Å²) in [7, 11) is 0. The van der Waals surface area contributed by atoms with Crippen LogP contribution in [0.4, 0.5) is 4.79 Å². The Morgan fingerprint density at radius 2 is 1.91 bits per heavy atom. The molecule has 0 spiro atoms. The van der Waals surface area contributed by atoms with Crippen molar-refractivity contribution in [2.24, 2.45) is 5.73 Å². The fraction of sp³-hybridized carbons (Fsp3) is 0.333. The Hall–Kier alpha value is -2.90. The lowest BCUT2D eigenvalue weighted by Gasteiger charge is -2.22. The number of rotatable bonds is 5. The van der Waals surface area contributed by atoms with Gasteiger partial charge in [-0.05, 0) is 19.4 Å². The van der Waals surface area contributed by atoms with E-state index in [0.717, 1.165) is 4.90 Å². The number of imide groups is 1. The van der Waals surface area contributed by atoms with Crippen LogP contribution in [0.25, 0.3) is 0 Å². The minimum Gasteiger partial charge on any atom is -0.451 e. The molecule has 1 heterocycles. The van der Waals surface area contributed by atoms with Gasteiger partial charge in [0.05, 0.1) is 0 Å². The zero-order valence-electron chi connectivity index (χ0n) is 12.7. The molecule has 1 aromatic carbocycles. The number of nitrogens with one attached hydrogen (secondary N) is 1. The number of amides is 4. The first kappa shape index (κ1) is 16.5. The number of urea groups is 1. The van der Waals surface area contributed by atoms with Crippen LogP contribution < -0.4 is 11.1 Å². The molecule has 1 fully saturated rings. The van der Waals surface area contributed by atoms with E-state index in [4.69, 9.17) is 10.5 Å². The first-order valence-electron chi connectivity index (χ1n) is 6.94. The van der Waals surface area contributed by atoms with Crippen LogP contribution in [0.3, 0.4) is 0 Å². The summed E-state index contributed by atoms with van der Waals surface area (Å²) >= 11 is 0. The molecule has 0 radical (unpaired) electrons. The minimum atomic E-state index is -1.26. The zero-order chi connectivity index (χ0) is 17.2. The molecular weight excluding hydrogens is 302 g/mol. The molecule has 4 amide bonds. The quantitative estimate of drug-likeness (QED) is 0.579. The minimum absolute atomic E-state index is 0.572. The Morgan fingerprint density at radius 3 is 2.48 bits per heavy atom. The molecule has 122 valence electrons. The van der Waals surface area contributed by atoms with Gasteiger partial charge in [-0.3, -0.25) is 19.3 Å². The lowest BCUT2D eigenvalue weighted by Crippen LogP contribution is -2.42. The number of nitrogens with two attached hydrogens (primary N) is 1. The molecule has 23 heavy (non-hydrogen) atoms. The first-order valence-corrected chi connectivity index (χ1v) is 6.94. The zero-order valence-corrected chi connectivity index (χ0v) is 12.7. The van der Waals surface area contributed by atoms with Crippen LogP contribution in [0.15, 0.2) is 30.3 Å². The maximum Gasteiger partial charge on any atom is 0.327 e. The van der Waals surface area contributed by atoms with Gasteiger partial charge in [0.2, 0.25) is 0 Å². The smallest absolute Gasteiger partial charge is 0.327 e. The third-order valence-corrected chi connectivity index (χ3v) is 3.62. The summed E-state index contributed by atoms with van der Waals surface area (Å²) in [5.41, 5.74) is 4.33. The van der Waals surface area contributed by atoms with Crippen LogP contribution in [0, 0.1) is 0 Å². The standard InChI is InChI=1S/C15H17N3O5/c1-9(12(16)20)23-11(19)8-18-13(21)15(2,17-14(18)22)10-6-4-3-5-7-10/h3-7,9H,8H2,1-2H3,(H2,16,20)(H,17,22)/t9-,15-/m0/s1. The molecule has 2 rings (SSSR count). The number of nitrogens with zero attached hydrogens (tertiary/aromatic N) is 1. The second kappa shape index (κ2) is 6.07. The number of primary amides is 1. The van der Waals surface area contributed by atoms with Gasteiger partial charge in [0.25, 0.3) is 11.8 Å². The van der Waals surface area contributed by atoms with Gasteiger partial charge in [-0.1, -0.05) is 30.3 Å². The van der Waals surface area contributed by atoms with Crippen molar-refractivity contribution in [3.05, 3.63) is 35.9 Å². The molecule has 1 aromatic rings. The molecule has 0 bridgehead atoms. The summed E-state index contributed by atoms with van der Waals surface area (Å²) in [4.78, 5) is 47.9. The van der Waals surface area contributed by atoms with E-state index >= 15 is 0 Å². The number of benzene rings is 1. The number of hydrogen-bond donors (Lipinski definition) is 2. The molecule has 1 aliphatic rings. The van der Waals surface area contributed by atoms with E-state index in [2.05, 4.69) is 5.32 Å². The summed E-state index contributed by atoms with van der Waals surface area (Å²) in [6.07, 6.45) is -1.14. The van der Waals surface area contributed by atoms with Crippen molar-refractivity contribution in [3.8, 4) is 0 Å². The molecule has 0 aromatic heterocycles. The predicted octanol–water partition coefficient (Wildman–Crippen LogP) is -0.129. The fourth-order valence-corrected chi connectivity index (χ4v) is 2.23. The van der Waals surface area contributed by atoms with Crippen LogP contribution in [0.5, 0.6) is 0 Å². The maximum atomic E-state index is 12.5. The van der Waals surface area contributed by atoms with Crippen molar-refractivity contribution in [1.29, 1.82) is 0 Å². The number of carbonyl (C=O) groups excluding carboxylic acids is 4. The SMILES string of the molecule is C[C@H](OC(=O)CN1C(=O)N[C@@](C)(c2ccccc2)C1=O)C(N)=O. The molecule has 0 saturated carbocycles. The molecule has 2 atom stereocenters. The molecular formula is C15H17N3O5. The summed E-state index contributed by atoms with van der Waals surface area (Å²) in [6, 6.07) is 7.97. The van der Waals surface area contributed by atoms with E-state index in [1.807, 2.05) is 0 Å². The Labute approximate surface area is 132 Å². The summed E-state index contributed by atoms with van der Waals surface area (Å²) < 4.78 is 4.76. The van der Waals surface area contributed by atoms with Gasteiger partial charge in [0.15, 0.2) is 6.10 Å². The molecule has 1 aliphatic heterocycles. The van der Waals surface area contributed by atoms with Crippen molar-refractivity contribution in [1.82, 2.24) is 10.2 Å². The van der Waals surface area contributed by atoms with Gasteiger partial charge in [-0.15, -0.1) is 0 Å².